The van der Waals surface area contributed by atoms with Gasteiger partial charge in [0, 0.05) is 0 Å². The third-order valence-corrected chi connectivity index (χ3v) is 1.79. The maximum Gasteiger partial charge on any atom is 0.422 e. The maximum absolute atomic E-state index is 12.5. The van der Waals surface area contributed by atoms with Gasteiger partial charge in [-0.3, -0.25) is 0 Å². The molecule has 1 unspecified atom stereocenters. The molecule has 5 nitrogen and oxygen atoms in total. The van der Waals surface area contributed by atoms with Crippen LogP contribution in [0.5, 0.6) is 0 Å². The fourth-order valence-electron chi connectivity index (χ4n) is 0.790. The lowest BCUT2D eigenvalue weighted by atomic mass is 10.0. The molecule has 0 aliphatic rings. The second-order valence-electron chi connectivity index (χ2n) is 3.03. The number of ether oxygens (including phenoxy) is 2. The number of amides is 1. The van der Waals surface area contributed by atoms with Gasteiger partial charge in [-0.1, -0.05) is 0 Å². The van der Waals surface area contributed by atoms with Crippen molar-refractivity contribution in [3.8, 4) is 0 Å². The Morgan fingerprint density at radius 1 is 1.47 bits per heavy atom. The van der Waals surface area contributed by atoms with Gasteiger partial charge in [-0.2, -0.15) is 13.2 Å². The number of hydrogen-bond acceptors (Lipinski definition) is 4. The molecular weight excluding hydrogens is 243 g/mol. The summed E-state index contributed by atoms with van der Waals surface area (Å²) in [5.74, 6) is 0. The van der Waals surface area contributed by atoms with Crippen molar-refractivity contribution in [3.63, 3.8) is 0 Å². The number of aliphatic hydroxyl groups is 1. The summed E-state index contributed by atoms with van der Waals surface area (Å²) in [6.07, 6.45) is -4.86. The molecule has 2 N–H and O–H groups in total. The number of alkyl halides is 3. The van der Waals surface area contributed by atoms with Crippen LogP contribution >= 0.6 is 0 Å². The average Bonchev–Trinajstić information content (AvgIpc) is 2.24. The normalized spacial score (nSPS) is 15.4. The van der Waals surface area contributed by atoms with E-state index in [4.69, 9.17) is 0 Å². The molecule has 0 radical (unpaired) electrons. The van der Waals surface area contributed by atoms with Crippen LogP contribution in [-0.4, -0.2) is 43.2 Å². The zero-order valence-electron chi connectivity index (χ0n) is 9.37. The first-order valence-electron chi connectivity index (χ1n) is 4.67. The predicted octanol–water partition coefficient (Wildman–Crippen LogP) is 1.19. The molecule has 0 aliphatic heterocycles. The standard InChI is InChI=1S/C9H14F3NO4/c1-3-17-5-4-8(15,9(10,11)12)6-13-7(14)16-2/h4-5,15H,3,6H2,1-2H3,(H,13,14). The largest absolute Gasteiger partial charge is 0.502 e. The number of methoxy groups -OCH3 is 1. The van der Waals surface area contributed by atoms with Crippen molar-refractivity contribution in [2.45, 2.75) is 18.7 Å². The summed E-state index contributed by atoms with van der Waals surface area (Å²) in [7, 11) is 0.998. The van der Waals surface area contributed by atoms with Gasteiger partial charge in [0.15, 0.2) is 5.60 Å². The zero-order valence-corrected chi connectivity index (χ0v) is 9.37. The monoisotopic (exact) mass is 257 g/mol. The molecule has 8 heteroatoms. The zero-order chi connectivity index (χ0) is 13.5. The molecule has 0 rings (SSSR count). The summed E-state index contributed by atoms with van der Waals surface area (Å²) >= 11 is 0. The van der Waals surface area contributed by atoms with Gasteiger partial charge in [0.25, 0.3) is 0 Å². The van der Waals surface area contributed by atoms with Crippen molar-refractivity contribution in [2.24, 2.45) is 0 Å². The van der Waals surface area contributed by atoms with E-state index >= 15 is 0 Å². The van der Waals surface area contributed by atoms with Gasteiger partial charge in [-0.15, -0.1) is 0 Å². The second kappa shape index (κ2) is 6.33. The minimum absolute atomic E-state index is 0.162. The molecule has 1 amide bonds. The summed E-state index contributed by atoms with van der Waals surface area (Å²) in [5.41, 5.74) is -3.20. The lowest BCUT2D eigenvalue weighted by molar-refractivity contribution is -0.237. The summed E-state index contributed by atoms with van der Waals surface area (Å²) in [6, 6.07) is 0. The Balaban J connectivity index is 4.68. The number of halogens is 3. The van der Waals surface area contributed by atoms with Crippen molar-refractivity contribution in [2.75, 3.05) is 20.3 Å². The Morgan fingerprint density at radius 3 is 2.47 bits per heavy atom. The first kappa shape index (κ1) is 15.6. The van der Waals surface area contributed by atoms with E-state index < -0.39 is 24.4 Å². The van der Waals surface area contributed by atoms with E-state index in [1.807, 2.05) is 0 Å². The average molecular weight is 257 g/mol. The van der Waals surface area contributed by atoms with E-state index in [9.17, 15) is 23.1 Å². The minimum atomic E-state index is -4.94. The molecular formula is C9H14F3NO4. The molecule has 0 saturated carbocycles. The number of carbonyl (C=O) groups excluding carboxylic acids is 1. The summed E-state index contributed by atoms with van der Waals surface area (Å²) in [6.45, 7) is 0.672. The van der Waals surface area contributed by atoms with Crippen molar-refractivity contribution >= 4 is 6.09 Å². The lowest BCUT2D eigenvalue weighted by Crippen LogP contribution is -2.52. The van der Waals surface area contributed by atoms with Gasteiger partial charge in [0.05, 0.1) is 26.5 Å². The van der Waals surface area contributed by atoms with E-state index in [1.54, 1.807) is 12.2 Å². The molecule has 0 fully saturated rings. The van der Waals surface area contributed by atoms with Crippen LogP contribution in [0.3, 0.4) is 0 Å². The highest BCUT2D eigenvalue weighted by Crippen LogP contribution is 2.31. The Morgan fingerprint density at radius 2 is 2.06 bits per heavy atom. The fraction of sp³-hybridized carbons (Fsp3) is 0.667. The van der Waals surface area contributed by atoms with E-state index in [2.05, 4.69) is 9.47 Å². The summed E-state index contributed by atoms with van der Waals surface area (Å²) in [4.78, 5) is 10.6. The van der Waals surface area contributed by atoms with Crippen LogP contribution in [0.2, 0.25) is 0 Å². The van der Waals surface area contributed by atoms with Gasteiger partial charge in [-0.05, 0) is 13.0 Å². The van der Waals surface area contributed by atoms with Crippen LogP contribution in [-0.2, 0) is 9.47 Å². The van der Waals surface area contributed by atoms with E-state index in [1.165, 1.54) is 0 Å². The highest BCUT2D eigenvalue weighted by Gasteiger charge is 2.52. The Hall–Kier alpha value is -1.44. The highest BCUT2D eigenvalue weighted by atomic mass is 19.4. The minimum Gasteiger partial charge on any atom is -0.502 e. The molecule has 0 aromatic rings. The van der Waals surface area contributed by atoms with E-state index in [0.717, 1.165) is 13.4 Å². The number of alkyl carbamates (subject to hydrolysis) is 1. The lowest BCUT2D eigenvalue weighted by Gasteiger charge is -2.27. The Kier molecular flexibility index (Phi) is 5.80. The Bertz CT molecular complexity index is 280. The molecule has 0 heterocycles. The van der Waals surface area contributed by atoms with Crippen molar-refractivity contribution in [1.29, 1.82) is 0 Å². The number of carbonyl (C=O) groups is 1. The number of rotatable bonds is 5. The fourth-order valence-corrected chi connectivity index (χ4v) is 0.790. The van der Waals surface area contributed by atoms with Gasteiger partial charge < -0.3 is 19.9 Å². The van der Waals surface area contributed by atoms with E-state index in [-0.39, 0.29) is 6.61 Å². The third-order valence-electron chi connectivity index (χ3n) is 1.79. The highest BCUT2D eigenvalue weighted by molar-refractivity contribution is 5.67. The predicted molar refractivity (Wildman–Crippen MR) is 52.2 cm³/mol. The summed E-state index contributed by atoms with van der Waals surface area (Å²) < 4.78 is 46.3. The van der Waals surface area contributed by atoms with Gasteiger partial charge in [-0.25, -0.2) is 4.79 Å². The van der Waals surface area contributed by atoms with Crippen LogP contribution in [0.15, 0.2) is 12.3 Å². The van der Waals surface area contributed by atoms with Crippen molar-refractivity contribution < 1.29 is 32.5 Å². The van der Waals surface area contributed by atoms with Crippen molar-refractivity contribution in [3.05, 3.63) is 12.3 Å². The van der Waals surface area contributed by atoms with Gasteiger partial charge >= 0.3 is 12.3 Å². The molecule has 0 saturated heterocycles. The smallest absolute Gasteiger partial charge is 0.422 e. The molecule has 0 aliphatic carbocycles. The van der Waals surface area contributed by atoms with E-state index in [0.29, 0.717) is 6.08 Å². The molecule has 0 bridgehead atoms. The van der Waals surface area contributed by atoms with Crippen molar-refractivity contribution in [1.82, 2.24) is 5.32 Å². The molecule has 100 valence electrons. The number of nitrogens with one attached hydrogen (secondary N) is 1. The molecule has 17 heavy (non-hydrogen) atoms. The van der Waals surface area contributed by atoms with Gasteiger partial charge in [0.2, 0.25) is 0 Å². The maximum atomic E-state index is 12.5. The Labute approximate surface area is 96.2 Å². The second-order valence-corrected chi connectivity index (χ2v) is 3.03. The first-order chi connectivity index (χ1) is 7.77. The SMILES string of the molecule is CCOC=CC(O)(CNC(=O)OC)C(F)(F)F. The van der Waals surface area contributed by atoms with Crippen LogP contribution in [0.1, 0.15) is 6.92 Å². The van der Waals surface area contributed by atoms with Crippen LogP contribution in [0.25, 0.3) is 0 Å². The molecule has 0 spiro atoms. The van der Waals surface area contributed by atoms with Crippen LogP contribution in [0, 0.1) is 0 Å². The number of hydrogen-bond donors (Lipinski definition) is 2. The first-order valence-corrected chi connectivity index (χ1v) is 4.67. The quantitative estimate of drug-likeness (QED) is 0.726. The molecule has 0 aromatic carbocycles. The van der Waals surface area contributed by atoms with Crippen LogP contribution in [0.4, 0.5) is 18.0 Å². The molecule has 1 atom stereocenters. The topological polar surface area (TPSA) is 67.8 Å². The molecule has 0 aromatic heterocycles. The van der Waals surface area contributed by atoms with Gasteiger partial charge in [0.1, 0.15) is 0 Å². The summed E-state index contributed by atoms with van der Waals surface area (Å²) in [5, 5.41) is 11.1. The van der Waals surface area contributed by atoms with Crippen LogP contribution < -0.4 is 5.32 Å². The third kappa shape index (κ3) is 4.94.